The van der Waals surface area contributed by atoms with E-state index < -0.39 is 0 Å². The first-order valence-electron chi connectivity index (χ1n) is 9.70. The summed E-state index contributed by atoms with van der Waals surface area (Å²) in [6.45, 7) is 5.26. The third-order valence-corrected chi connectivity index (χ3v) is 5.55. The lowest BCUT2D eigenvalue weighted by molar-refractivity contribution is 0.0911. The quantitative estimate of drug-likeness (QED) is 0.809. The monoisotopic (exact) mass is 360 g/mol. The molecule has 144 valence electrons. The second kappa shape index (κ2) is 8.84. The van der Waals surface area contributed by atoms with Crippen LogP contribution in [0.4, 0.5) is 4.79 Å². The molecule has 2 N–H and O–H groups in total. The highest BCUT2D eigenvalue weighted by atomic mass is 16.3. The number of piperidine rings is 1. The molecule has 0 unspecified atom stereocenters. The Morgan fingerprint density at radius 3 is 2.92 bits per heavy atom. The summed E-state index contributed by atoms with van der Waals surface area (Å²) in [7, 11) is 3.97. The third-order valence-electron chi connectivity index (χ3n) is 5.55. The number of aliphatic hydroxyl groups is 1. The van der Waals surface area contributed by atoms with E-state index in [4.69, 9.17) is 0 Å². The molecule has 0 aromatic heterocycles. The molecule has 1 atom stereocenters. The molecule has 0 radical (unpaired) electrons. The molecular weight excluding hydrogens is 328 g/mol. The molecule has 1 fully saturated rings. The molecular formula is C20H32N4O2. The van der Waals surface area contributed by atoms with Crippen molar-refractivity contribution in [1.29, 1.82) is 0 Å². The van der Waals surface area contributed by atoms with Gasteiger partial charge in [0.2, 0.25) is 0 Å². The SMILES string of the molecule is CN1Cc2ccc(CN(C)C(=O)NCCN3CCCC[C@H]3CO)cc2C1. The lowest BCUT2D eigenvalue weighted by atomic mass is 10.0. The van der Waals surface area contributed by atoms with Crippen molar-refractivity contribution < 1.29 is 9.90 Å². The van der Waals surface area contributed by atoms with Crippen LogP contribution in [0.5, 0.6) is 0 Å². The zero-order valence-electron chi connectivity index (χ0n) is 16.1. The van der Waals surface area contributed by atoms with Gasteiger partial charge in [-0.25, -0.2) is 4.79 Å². The van der Waals surface area contributed by atoms with E-state index in [1.165, 1.54) is 29.5 Å². The predicted octanol–water partition coefficient (Wildman–Crippen LogP) is 1.62. The number of hydrogen-bond acceptors (Lipinski definition) is 4. The lowest BCUT2D eigenvalue weighted by Gasteiger charge is -2.34. The van der Waals surface area contributed by atoms with E-state index in [2.05, 4.69) is 40.4 Å². The minimum Gasteiger partial charge on any atom is -0.395 e. The lowest BCUT2D eigenvalue weighted by Crippen LogP contribution is -2.47. The van der Waals surface area contributed by atoms with E-state index in [1.54, 1.807) is 4.90 Å². The Kier molecular flexibility index (Phi) is 6.51. The zero-order valence-corrected chi connectivity index (χ0v) is 16.1. The Bertz CT molecular complexity index is 622. The Hall–Kier alpha value is -1.63. The molecule has 0 spiro atoms. The molecule has 26 heavy (non-hydrogen) atoms. The fraction of sp³-hybridized carbons (Fsp3) is 0.650. The molecule has 0 bridgehead atoms. The van der Waals surface area contributed by atoms with Crippen molar-refractivity contribution in [1.82, 2.24) is 20.0 Å². The van der Waals surface area contributed by atoms with Gasteiger partial charge >= 0.3 is 6.03 Å². The van der Waals surface area contributed by atoms with Crippen molar-refractivity contribution in [2.75, 3.05) is 40.3 Å². The van der Waals surface area contributed by atoms with Crippen molar-refractivity contribution in [3.63, 3.8) is 0 Å². The Morgan fingerprint density at radius 2 is 2.12 bits per heavy atom. The number of hydrogen-bond donors (Lipinski definition) is 2. The van der Waals surface area contributed by atoms with Crippen molar-refractivity contribution in [2.24, 2.45) is 0 Å². The van der Waals surface area contributed by atoms with Crippen LogP contribution in [-0.2, 0) is 19.6 Å². The molecule has 6 heteroatoms. The van der Waals surface area contributed by atoms with Crippen LogP contribution in [0.25, 0.3) is 0 Å². The maximum Gasteiger partial charge on any atom is 0.317 e. The van der Waals surface area contributed by atoms with E-state index in [0.29, 0.717) is 13.1 Å². The van der Waals surface area contributed by atoms with E-state index in [9.17, 15) is 9.90 Å². The van der Waals surface area contributed by atoms with Crippen LogP contribution in [0, 0.1) is 0 Å². The number of benzene rings is 1. The normalized spacial score (nSPS) is 20.8. The molecule has 1 aromatic rings. The molecule has 1 saturated heterocycles. The number of nitrogens with one attached hydrogen (secondary N) is 1. The molecule has 6 nitrogen and oxygen atoms in total. The van der Waals surface area contributed by atoms with Crippen LogP contribution in [0.2, 0.25) is 0 Å². The van der Waals surface area contributed by atoms with Gasteiger partial charge in [-0.2, -0.15) is 0 Å². The molecule has 2 aliphatic rings. The molecule has 0 saturated carbocycles. The van der Waals surface area contributed by atoms with Gasteiger partial charge in [0.05, 0.1) is 6.61 Å². The molecule has 2 aliphatic heterocycles. The number of rotatable bonds is 6. The average molecular weight is 361 g/mol. The van der Waals surface area contributed by atoms with Gasteiger partial charge in [-0.05, 0) is 43.1 Å². The first kappa shape index (κ1) is 19.1. The second-order valence-electron chi connectivity index (χ2n) is 7.73. The van der Waals surface area contributed by atoms with Crippen molar-refractivity contribution in [3.05, 3.63) is 34.9 Å². The third kappa shape index (κ3) is 4.75. The summed E-state index contributed by atoms with van der Waals surface area (Å²) >= 11 is 0. The van der Waals surface area contributed by atoms with Crippen molar-refractivity contribution >= 4 is 6.03 Å². The van der Waals surface area contributed by atoms with Gasteiger partial charge in [0, 0.05) is 45.8 Å². The van der Waals surface area contributed by atoms with Crippen LogP contribution in [0.15, 0.2) is 18.2 Å². The maximum atomic E-state index is 12.4. The summed E-state index contributed by atoms with van der Waals surface area (Å²) in [5, 5.41) is 12.5. The Morgan fingerprint density at radius 1 is 1.31 bits per heavy atom. The molecule has 2 heterocycles. The number of fused-ring (bicyclic) bond motifs is 1. The number of urea groups is 1. The van der Waals surface area contributed by atoms with Gasteiger partial charge in [0.15, 0.2) is 0 Å². The highest BCUT2D eigenvalue weighted by Crippen LogP contribution is 2.22. The first-order chi connectivity index (χ1) is 12.6. The standard InChI is InChI=1S/C20H32N4O2/c1-22-13-17-7-6-16(11-18(17)14-22)12-23(2)20(26)21-8-10-24-9-4-3-5-19(24)15-25/h6-7,11,19,25H,3-5,8-10,12-15H2,1-2H3,(H,21,26)/t19-/m0/s1. The average Bonchev–Trinajstić information content (AvgIpc) is 3.01. The highest BCUT2D eigenvalue weighted by Gasteiger charge is 2.21. The first-order valence-corrected chi connectivity index (χ1v) is 9.70. The molecule has 1 aromatic carbocycles. The zero-order chi connectivity index (χ0) is 18.5. The Balaban J connectivity index is 1.44. The number of nitrogens with zero attached hydrogens (tertiary/aromatic N) is 3. The molecule has 3 rings (SSSR count). The smallest absolute Gasteiger partial charge is 0.317 e. The van der Waals surface area contributed by atoms with Gasteiger partial charge < -0.3 is 15.3 Å². The summed E-state index contributed by atoms with van der Waals surface area (Å²) in [5.41, 5.74) is 3.94. The number of likely N-dealkylation sites (tertiary alicyclic amines) is 1. The minimum atomic E-state index is -0.0415. The fourth-order valence-electron chi connectivity index (χ4n) is 4.06. The number of carbonyl (C=O) groups excluding carboxylic acids is 1. The van der Waals surface area contributed by atoms with Gasteiger partial charge in [-0.3, -0.25) is 9.80 Å². The summed E-state index contributed by atoms with van der Waals surface area (Å²) in [4.78, 5) is 18.7. The Labute approximate surface area is 156 Å². The topological polar surface area (TPSA) is 59.0 Å². The second-order valence-corrected chi connectivity index (χ2v) is 7.73. The summed E-state index contributed by atoms with van der Waals surface area (Å²) in [5.74, 6) is 0. The van der Waals surface area contributed by atoms with E-state index in [0.717, 1.165) is 32.6 Å². The number of amides is 2. The number of carbonyl (C=O) groups is 1. The minimum absolute atomic E-state index is 0.0415. The predicted molar refractivity (Wildman–Crippen MR) is 103 cm³/mol. The van der Waals surface area contributed by atoms with Gasteiger partial charge in [0.1, 0.15) is 0 Å². The summed E-state index contributed by atoms with van der Waals surface area (Å²) in [6.07, 6.45) is 3.42. The van der Waals surface area contributed by atoms with Crippen LogP contribution < -0.4 is 5.32 Å². The van der Waals surface area contributed by atoms with E-state index in [-0.39, 0.29) is 18.7 Å². The fourth-order valence-corrected chi connectivity index (χ4v) is 4.06. The van der Waals surface area contributed by atoms with Crippen molar-refractivity contribution in [2.45, 2.75) is 44.9 Å². The maximum absolute atomic E-state index is 12.4. The van der Waals surface area contributed by atoms with Crippen LogP contribution in [0.3, 0.4) is 0 Å². The summed E-state index contributed by atoms with van der Waals surface area (Å²) < 4.78 is 0. The van der Waals surface area contributed by atoms with Gasteiger partial charge in [0.25, 0.3) is 0 Å². The number of aliphatic hydroxyl groups excluding tert-OH is 1. The van der Waals surface area contributed by atoms with Gasteiger partial charge in [-0.1, -0.05) is 24.6 Å². The molecule has 2 amide bonds. The molecule has 0 aliphatic carbocycles. The van der Waals surface area contributed by atoms with E-state index in [1.807, 2.05) is 7.05 Å². The van der Waals surface area contributed by atoms with Crippen LogP contribution >= 0.6 is 0 Å². The highest BCUT2D eigenvalue weighted by molar-refractivity contribution is 5.73. The van der Waals surface area contributed by atoms with Gasteiger partial charge in [-0.15, -0.1) is 0 Å². The van der Waals surface area contributed by atoms with Crippen molar-refractivity contribution in [3.8, 4) is 0 Å². The van der Waals surface area contributed by atoms with Crippen LogP contribution in [-0.4, -0.2) is 72.2 Å². The van der Waals surface area contributed by atoms with E-state index >= 15 is 0 Å². The largest absolute Gasteiger partial charge is 0.395 e. The van der Waals surface area contributed by atoms with Crippen LogP contribution in [0.1, 0.15) is 36.0 Å². The summed E-state index contributed by atoms with van der Waals surface area (Å²) in [6, 6.07) is 6.75.